The van der Waals surface area contributed by atoms with Crippen LogP contribution in [-0.2, 0) is 4.74 Å². The highest BCUT2D eigenvalue weighted by atomic mass is 19.3. The minimum atomic E-state index is -5.09. The fourth-order valence-corrected chi connectivity index (χ4v) is 0.467. The van der Waals surface area contributed by atoms with Crippen LogP contribution in [0.25, 0.3) is 0 Å². The van der Waals surface area contributed by atoms with Crippen LogP contribution in [-0.4, -0.2) is 26.1 Å². The fraction of sp³-hybridized carbons (Fsp3) is 0.667. The van der Waals surface area contributed by atoms with Gasteiger partial charge in [-0.05, 0) is 0 Å². The van der Waals surface area contributed by atoms with Crippen LogP contribution in [0.4, 0.5) is 26.3 Å². The van der Waals surface area contributed by atoms with E-state index in [9.17, 15) is 26.3 Å². The van der Waals surface area contributed by atoms with Crippen molar-refractivity contribution in [2.24, 2.45) is 0 Å². The van der Waals surface area contributed by atoms with Crippen molar-refractivity contribution in [2.45, 2.75) is 12.3 Å². The van der Waals surface area contributed by atoms with Gasteiger partial charge in [0.15, 0.2) is 5.83 Å². The number of ether oxygens (including phenoxy) is 1. The number of methoxy groups -OCH3 is 1. The summed E-state index contributed by atoms with van der Waals surface area (Å²) in [6.07, 6.45) is -4.28. The molecule has 0 bridgehead atoms. The highest BCUT2D eigenvalue weighted by molar-refractivity contribution is 5.10. The predicted molar refractivity (Wildman–Crippen MR) is 32.1 cm³/mol. The molecule has 0 radical (unpaired) electrons. The van der Waals surface area contributed by atoms with E-state index in [-0.39, 0.29) is 0 Å². The zero-order chi connectivity index (χ0) is 10.6. The molecule has 0 aromatic rings. The Morgan fingerprint density at radius 2 is 1.77 bits per heavy atom. The topological polar surface area (TPSA) is 9.23 Å². The molecular weight excluding hydrogens is 202 g/mol. The largest absolute Gasteiger partial charge is 0.377 e. The molecule has 0 aliphatic carbocycles. The maximum Gasteiger partial charge on any atom is 0.360 e. The Morgan fingerprint density at radius 1 is 1.31 bits per heavy atom. The molecule has 0 amide bonds. The third kappa shape index (κ3) is 2.91. The summed E-state index contributed by atoms with van der Waals surface area (Å²) in [7, 11) is 0.910. The van der Waals surface area contributed by atoms with Crippen molar-refractivity contribution < 1.29 is 31.1 Å². The molecule has 0 heterocycles. The lowest BCUT2D eigenvalue weighted by molar-refractivity contribution is -0.115. The van der Waals surface area contributed by atoms with Crippen LogP contribution >= 0.6 is 0 Å². The first-order valence-electron chi connectivity index (χ1n) is 3.03. The maximum atomic E-state index is 12.2. The van der Waals surface area contributed by atoms with E-state index in [4.69, 9.17) is 0 Å². The molecule has 0 spiro atoms. The highest BCUT2D eigenvalue weighted by Gasteiger charge is 2.47. The van der Waals surface area contributed by atoms with Gasteiger partial charge >= 0.3 is 12.3 Å². The van der Waals surface area contributed by atoms with Gasteiger partial charge in [-0.3, -0.25) is 0 Å². The van der Waals surface area contributed by atoms with Gasteiger partial charge in [0.25, 0.3) is 0 Å². The van der Waals surface area contributed by atoms with Gasteiger partial charge in [0, 0.05) is 7.11 Å². The van der Waals surface area contributed by atoms with Gasteiger partial charge < -0.3 is 4.74 Å². The standard InChI is InChI=1S/C6H6F6O/c1-13-2-3(7)4(8)6(11,12)5(9)10/h5H,2H2,1H3/b4-3+. The Balaban J connectivity index is 4.73. The quantitative estimate of drug-likeness (QED) is 0.645. The minimum Gasteiger partial charge on any atom is -0.377 e. The summed E-state index contributed by atoms with van der Waals surface area (Å²) in [5.74, 6) is -9.92. The molecule has 1 nitrogen and oxygen atoms in total. The van der Waals surface area contributed by atoms with Gasteiger partial charge in [-0.25, -0.2) is 17.6 Å². The molecule has 0 rings (SSSR count). The van der Waals surface area contributed by atoms with E-state index in [0.717, 1.165) is 7.11 Å². The Kier molecular flexibility index (Phi) is 4.25. The third-order valence-corrected chi connectivity index (χ3v) is 1.08. The number of hydrogen-bond acceptors (Lipinski definition) is 1. The van der Waals surface area contributed by atoms with Crippen molar-refractivity contribution in [1.29, 1.82) is 0 Å². The first-order chi connectivity index (χ1) is 5.84. The van der Waals surface area contributed by atoms with E-state index in [0.29, 0.717) is 0 Å². The van der Waals surface area contributed by atoms with Crippen molar-refractivity contribution >= 4 is 0 Å². The summed E-state index contributed by atoms with van der Waals surface area (Å²) in [5.41, 5.74) is 0. The normalized spacial score (nSPS) is 14.8. The van der Waals surface area contributed by atoms with Gasteiger partial charge in [0.1, 0.15) is 6.61 Å². The van der Waals surface area contributed by atoms with Gasteiger partial charge in [-0.2, -0.15) is 8.78 Å². The molecule has 0 saturated heterocycles. The lowest BCUT2D eigenvalue weighted by atomic mass is 10.3. The average molecular weight is 208 g/mol. The lowest BCUT2D eigenvalue weighted by Crippen LogP contribution is -2.28. The molecule has 0 aliphatic rings. The summed E-state index contributed by atoms with van der Waals surface area (Å²) in [6, 6.07) is 0. The summed E-state index contributed by atoms with van der Waals surface area (Å²) >= 11 is 0. The molecule has 0 fully saturated rings. The van der Waals surface area contributed by atoms with Crippen molar-refractivity contribution in [1.82, 2.24) is 0 Å². The lowest BCUT2D eigenvalue weighted by Gasteiger charge is -2.13. The first kappa shape index (κ1) is 12.3. The van der Waals surface area contributed by atoms with Crippen LogP contribution in [0.3, 0.4) is 0 Å². The van der Waals surface area contributed by atoms with E-state index >= 15 is 0 Å². The smallest absolute Gasteiger partial charge is 0.360 e. The van der Waals surface area contributed by atoms with Crippen LogP contribution in [0, 0.1) is 0 Å². The molecule has 0 saturated carbocycles. The second-order valence-corrected chi connectivity index (χ2v) is 2.08. The second-order valence-electron chi connectivity index (χ2n) is 2.08. The number of rotatable bonds is 4. The van der Waals surface area contributed by atoms with E-state index in [2.05, 4.69) is 4.74 Å². The molecule has 0 aliphatic heterocycles. The summed E-state index contributed by atoms with van der Waals surface area (Å²) in [6.45, 7) is -1.10. The minimum absolute atomic E-state index is 0.910. The zero-order valence-electron chi connectivity index (χ0n) is 6.46. The van der Waals surface area contributed by atoms with Crippen LogP contribution in [0.1, 0.15) is 0 Å². The molecule has 0 unspecified atom stereocenters. The predicted octanol–water partition coefficient (Wildman–Crippen LogP) is 2.68. The number of hydrogen-bond donors (Lipinski definition) is 0. The molecule has 0 aromatic carbocycles. The molecule has 13 heavy (non-hydrogen) atoms. The Morgan fingerprint density at radius 3 is 2.08 bits per heavy atom. The molecular formula is C6H6F6O. The van der Waals surface area contributed by atoms with Crippen LogP contribution in [0.2, 0.25) is 0 Å². The van der Waals surface area contributed by atoms with Crippen molar-refractivity contribution in [3.8, 4) is 0 Å². The monoisotopic (exact) mass is 208 g/mol. The molecule has 78 valence electrons. The Labute approximate surface area is 70.0 Å². The highest BCUT2D eigenvalue weighted by Crippen LogP contribution is 2.34. The van der Waals surface area contributed by atoms with Crippen molar-refractivity contribution in [3.05, 3.63) is 11.7 Å². The second kappa shape index (κ2) is 4.50. The van der Waals surface area contributed by atoms with Gasteiger partial charge in [0.2, 0.25) is 5.83 Å². The van der Waals surface area contributed by atoms with E-state index < -0.39 is 30.6 Å². The van der Waals surface area contributed by atoms with Gasteiger partial charge in [-0.1, -0.05) is 0 Å². The SMILES string of the molecule is COC/C(F)=C(\F)C(F)(F)C(F)F. The molecule has 7 heteroatoms. The van der Waals surface area contributed by atoms with E-state index in [1.807, 2.05) is 0 Å². The van der Waals surface area contributed by atoms with Gasteiger partial charge in [-0.15, -0.1) is 0 Å². The van der Waals surface area contributed by atoms with E-state index in [1.165, 1.54) is 0 Å². The molecule has 0 atom stereocenters. The fourth-order valence-electron chi connectivity index (χ4n) is 0.467. The molecule has 0 aromatic heterocycles. The average Bonchev–Trinajstić information content (AvgIpc) is 2.03. The summed E-state index contributed by atoms with van der Waals surface area (Å²) in [5, 5.41) is 0. The van der Waals surface area contributed by atoms with Crippen LogP contribution < -0.4 is 0 Å². The number of halogens is 6. The summed E-state index contributed by atoms with van der Waals surface area (Å²) in [4.78, 5) is 0. The third-order valence-electron chi connectivity index (χ3n) is 1.08. The molecule has 0 N–H and O–H groups in total. The van der Waals surface area contributed by atoms with Crippen LogP contribution in [0.15, 0.2) is 11.7 Å². The van der Waals surface area contributed by atoms with Crippen molar-refractivity contribution in [3.63, 3.8) is 0 Å². The van der Waals surface area contributed by atoms with Gasteiger partial charge in [0.05, 0.1) is 0 Å². The Bertz CT molecular complexity index is 199. The number of alkyl halides is 4. The summed E-state index contributed by atoms with van der Waals surface area (Å²) < 4.78 is 75.3. The first-order valence-corrected chi connectivity index (χ1v) is 3.03. The van der Waals surface area contributed by atoms with Crippen LogP contribution in [0.5, 0.6) is 0 Å². The Hall–Kier alpha value is -0.720. The van der Waals surface area contributed by atoms with Crippen molar-refractivity contribution in [2.75, 3.05) is 13.7 Å². The zero-order valence-corrected chi connectivity index (χ0v) is 6.46. The number of allylic oxidation sites excluding steroid dienone is 1. The maximum absolute atomic E-state index is 12.2. The van der Waals surface area contributed by atoms with E-state index in [1.54, 1.807) is 0 Å².